The Bertz CT molecular complexity index is 699. The van der Waals surface area contributed by atoms with E-state index in [9.17, 15) is 14.7 Å². The molecule has 7 nitrogen and oxygen atoms in total. The van der Waals surface area contributed by atoms with E-state index in [4.69, 9.17) is 11.6 Å². The molecule has 1 aliphatic carbocycles. The van der Waals surface area contributed by atoms with E-state index in [0.717, 1.165) is 37.4 Å². The van der Waals surface area contributed by atoms with Crippen LogP contribution in [0.1, 0.15) is 39.0 Å². The Kier molecular flexibility index (Phi) is 6.81. The van der Waals surface area contributed by atoms with Gasteiger partial charge >= 0.3 is 0 Å². The Morgan fingerprint density at radius 2 is 2.00 bits per heavy atom. The van der Waals surface area contributed by atoms with Crippen molar-refractivity contribution in [2.75, 3.05) is 30.3 Å². The molecule has 1 atom stereocenters. The second kappa shape index (κ2) is 9.10. The summed E-state index contributed by atoms with van der Waals surface area (Å²) < 4.78 is 0. The molecule has 27 heavy (non-hydrogen) atoms. The van der Waals surface area contributed by atoms with Crippen molar-refractivity contribution in [3.63, 3.8) is 0 Å². The van der Waals surface area contributed by atoms with E-state index in [1.807, 2.05) is 4.90 Å². The molecule has 0 spiro atoms. The maximum Gasteiger partial charge on any atom is 0.226 e. The summed E-state index contributed by atoms with van der Waals surface area (Å²) in [6.45, 7) is 4.04. The van der Waals surface area contributed by atoms with E-state index < -0.39 is 5.97 Å². The minimum atomic E-state index is -1.17. The van der Waals surface area contributed by atoms with Crippen LogP contribution in [0.25, 0.3) is 0 Å². The van der Waals surface area contributed by atoms with Gasteiger partial charge in [0, 0.05) is 43.4 Å². The summed E-state index contributed by atoms with van der Waals surface area (Å²) in [5.41, 5.74) is 0. The van der Waals surface area contributed by atoms with E-state index in [1.165, 1.54) is 6.42 Å². The molecule has 1 aromatic rings. The predicted octanol–water partition coefficient (Wildman–Crippen LogP) is 1.59. The molecular weight excluding hydrogens is 388 g/mol. The number of thioether (sulfide) groups is 1. The van der Waals surface area contributed by atoms with Crippen LogP contribution in [0, 0.1) is 5.92 Å². The summed E-state index contributed by atoms with van der Waals surface area (Å²) in [6.07, 6.45) is 5.55. The molecule has 1 aliphatic heterocycles. The van der Waals surface area contributed by atoms with Gasteiger partial charge in [0.05, 0.1) is 5.97 Å². The minimum absolute atomic E-state index is 0.0845. The molecule has 148 valence electrons. The topological polar surface area (TPSA) is 89.5 Å². The maximum atomic E-state index is 12.9. The van der Waals surface area contributed by atoms with Gasteiger partial charge in [-0.15, -0.1) is 0 Å². The third-order valence-corrected chi connectivity index (χ3v) is 6.18. The number of hydrogen-bond donors (Lipinski definition) is 0. The first kappa shape index (κ1) is 20.2. The third-order valence-electron chi connectivity index (χ3n) is 5.17. The monoisotopic (exact) mass is 411 g/mol. The van der Waals surface area contributed by atoms with Gasteiger partial charge in [0.25, 0.3) is 0 Å². The van der Waals surface area contributed by atoms with E-state index in [-0.39, 0.29) is 28.8 Å². The van der Waals surface area contributed by atoms with Gasteiger partial charge in [-0.1, -0.05) is 42.6 Å². The number of carbonyl (C=O) groups is 2. The average molecular weight is 412 g/mol. The number of amides is 1. The third kappa shape index (κ3) is 5.25. The molecule has 1 amide bonds. The van der Waals surface area contributed by atoms with Crippen molar-refractivity contribution in [2.24, 2.45) is 5.92 Å². The molecule has 0 bridgehead atoms. The van der Waals surface area contributed by atoms with Crippen LogP contribution in [0.2, 0.25) is 5.15 Å². The van der Waals surface area contributed by atoms with Crippen molar-refractivity contribution in [3.05, 3.63) is 11.2 Å². The van der Waals surface area contributed by atoms with Crippen LogP contribution in [0.3, 0.4) is 0 Å². The van der Waals surface area contributed by atoms with Crippen LogP contribution in [0.4, 0.5) is 5.82 Å². The summed E-state index contributed by atoms with van der Waals surface area (Å²) in [5, 5.41) is 11.2. The van der Waals surface area contributed by atoms with Crippen LogP contribution in [0.5, 0.6) is 0 Å². The lowest BCUT2D eigenvalue weighted by Crippen LogP contribution is -2.55. The first-order chi connectivity index (χ1) is 12.9. The lowest BCUT2D eigenvalue weighted by Gasteiger charge is -2.42. The fourth-order valence-electron chi connectivity index (χ4n) is 3.81. The number of aromatic nitrogens is 2. The molecular formula is C18H24ClN4O3S-. The number of rotatable bonds is 5. The van der Waals surface area contributed by atoms with E-state index in [0.29, 0.717) is 30.6 Å². The number of nitrogens with zero attached hydrogens (tertiary/aromatic N) is 4. The zero-order valence-electron chi connectivity index (χ0n) is 15.4. The number of anilines is 1. The number of hydrogen-bond acceptors (Lipinski definition) is 7. The highest BCUT2D eigenvalue weighted by Crippen LogP contribution is 2.28. The quantitative estimate of drug-likeness (QED) is 0.413. The summed E-state index contributed by atoms with van der Waals surface area (Å²) in [5.74, 6) is -0.275. The molecule has 2 fully saturated rings. The first-order valence-corrected chi connectivity index (χ1v) is 10.7. The summed E-state index contributed by atoms with van der Waals surface area (Å²) in [7, 11) is 0. The van der Waals surface area contributed by atoms with Crippen molar-refractivity contribution in [2.45, 2.75) is 50.2 Å². The molecule has 1 aromatic heterocycles. The summed E-state index contributed by atoms with van der Waals surface area (Å²) in [4.78, 5) is 36.1. The van der Waals surface area contributed by atoms with Gasteiger partial charge < -0.3 is 19.7 Å². The van der Waals surface area contributed by atoms with Crippen molar-refractivity contribution in [1.29, 1.82) is 0 Å². The summed E-state index contributed by atoms with van der Waals surface area (Å²) in [6, 6.07) is 1.76. The fraction of sp³-hybridized carbons (Fsp3) is 0.667. The highest BCUT2D eigenvalue weighted by Gasteiger charge is 2.32. The van der Waals surface area contributed by atoms with Gasteiger partial charge in [0.2, 0.25) is 5.91 Å². The van der Waals surface area contributed by atoms with Gasteiger partial charge in [-0.2, -0.15) is 0 Å². The van der Waals surface area contributed by atoms with Crippen molar-refractivity contribution in [1.82, 2.24) is 14.9 Å². The van der Waals surface area contributed by atoms with Crippen LogP contribution < -0.4 is 10.0 Å². The van der Waals surface area contributed by atoms with Crippen LogP contribution in [-0.2, 0) is 9.59 Å². The number of piperazine rings is 1. The average Bonchev–Trinajstić information content (AvgIpc) is 2.66. The van der Waals surface area contributed by atoms with Gasteiger partial charge in [-0.25, -0.2) is 9.97 Å². The number of carboxylic acids is 1. The molecule has 0 unspecified atom stereocenters. The van der Waals surface area contributed by atoms with Crippen LogP contribution in [-0.4, -0.2) is 58.2 Å². The normalized spacial score (nSPS) is 21.3. The SMILES string of the molecule is C[C@@H]1CN(c2cc(Cl)nc(SCC(=O)[O-])n2)CCN1C(=O)C1CCCCC1. The van der Waals surface area contributed by atoms with Crippen molar-refractivity contribution in [3.8, 4) is 0 Å². The number of carbonyl (C=O) groups excluding carboxylic acids is 2. The van der Waals surface area contributed by atoms with Gasteiger partial charge in [0.1, 0.15) is 11.0 Å². The lowest BCUT2D eigenvalue weighted by molar-refractivity contribution is -0.301. The minimum Gasteiger partial charge on any atom is -0.549 e. The van der Waals surface area contributed by atoms with Gasteiger partial charge in [0.15, 0.2) is 5.16 Å². The Hall–Kier alpha value is -1.54. The molecule has 2 aliphatic rings. The molecule has 3 rings (SSSR count). The van der Waals surface area contributed by atoms with Gasteiger partial charge in [-0.3, -0.25) is 4.79 Å². The van der Waals surface area contributed by atoms with E-state index in [1.54, 1.807) is 6.07 Å². The molecule has 0 radical (unpaired) electrons. The van der Waals surface area contributed by atoms with Crippen molar-refractivity contribution < 1.29 is 14.7 Å². The number of aliphatic carboxylic acids is 1. The molecule has 9 heteroatoms. The van der Waals surface area contributed by atoms with E-state index in [2.05, 4.69) is 21.8 Å². The predicted molar refractivity (Wildman–Crippen MR) is 103 cm³/mol. The van der Waals surface area contributed by atoms with Crippen LogP contribution in [0.15, 0.2) is 11.2 Å². The molecule has 1 saturated carbocycles. The second-order valence-electron chi connectivity index (χ2n) is 7.15. The number of halogens is 1. The molecule has 2 heterocycles. The molecule has 1 saturated heterocycles. The molecule has 0 aromatic carbocycles. The zero-order chi connectivity index (χ0) is 19.4. The largest absolute Gasteiger partial charge is 0.549 e. The number of carboxylic acid groups (broad SMARTS) is 1. The Balaban J connectivity index is 1.65. The van der Waals surface area contributed by atoms with E-state index >= 15 is 0 Å². The highest BCUT2D eigenvalue weighted by atomic mass is 35.5. The fourth-order valence-corrected chi connectivity index (χ4v) is 4.61. The highest BCUT2D eigenvalue weighted by molar-refractivity contribution is 7.99. The first-order valence-electron chi connectivity index (χ1n) is 9.36. The Morgan fingerprint density at radius 3 is 2.67 bits per heavy atom. The Labute approximate surface area is 168 Å². The van der Waals surface area contributed by atoms with Crippen LogP contribution >= 0.6 is 23.4 Å². The van der Waals surface area contributed by atoms with Gasteiger partial charge in [-0.05, 0) is 19.8 Å². The lowest BCUT2D eigenvalue weighted by atomic mass is 9.88. The maximum absolute atomic E-state index is 12.9. The molecule has 0 N–H and O–H groups in total. The second-order valence-corrected chi connectivity index (χ2v) is 8.48. The van der Waals surface area contributed by atoms with Crippen molar-refractivity contribution >= 4 is 41.1 Å². The summed E-state index contributed by atoms with van der Waals surface area (Å²) >= 11 is 7.07. The smallest absolute Gasteiger partial charge is 0.226 e. The Morgan fingerprint density at radius 1 is 1.26 bits per heavy atom. The zero-order valence-corrected chi connectivity index (χ0v) is 17.0. The standard InChI is InChI=1S/C18H25ClN4O3S/c1-12-10-22(7-8-23(12)17(26)13-5-3-2-4-6-13)15-9-14(19)20-18(21-15)27-11-16(24)25/h9,12-13H,2-8,10-11H2,1H3,(H,24,25)/p-1/t12-/m1/s1.